The van der Waals surface area contributed by atoms with Gasteiger partial charge in [0.25, 0.3) is 0 Å². The fourth-order valence-electron chi connectivity index (χ4n) is 1.83. The zero-order chi connectivity index (χ0) is 16.3. The lowest BCUT2D eigenvalue weighted by atomic mass is 10.0. The summed E-state index contributed by atoms with van der Waals surface area (Å²) in [6, 6.07) is 0. The molecule has 2 N–H and O–H groups in total. The SMILES string of the molecule is CCc1nccn1CC(C)(NC(=O)OC(C)(C)C)C(=O)O. The molecule has 1 heterocycles. The molecule has 7 nitrogen and oxygen atoms in total. The number of hydrogen-bond donors (Lipinski definition) is 2. The molecule has 21 heavy (non-hydrogen) atoms. The molecule has 1 aromatic heterocycles. The lowest BCUT2D eigenvalue weighted by Gasteiger charge is -2.29. The third-order valence-corrected chi connectivity index (χ3v) is 2.85. The van der Waals surface area contributed by atoms with Crippen molar-refractivity contribution < 1.29 is 19.4 Å². The molecule has 0 saturated heterocycles. The maximum atomic E-state index is 11.8. The minimum atomic E-state index is -1.48. The Morgan fingerprint density at radius 2 is 2.00 bits per heavy atom. The Morgan fingerprint density at radius 1 is 1.38 bits per heavy atom. The Balaban J connectivity index is 2.89. The number of nitrogens with zero attached hydrogens (tertiary/aromatic N) is 2. The number of carboxylic acid groups (broad SMARTS) is 1. The molecule has 1 aromatic rings. The van der Waals surface area contributed by atoms with Gasteiger partial charge in [-0.05, 0) is 27.7 Å². The van der Waals surface area contributed by atoms with E-state index >= 15 is 0 Å². The summed E-state index contributed by atoms with van der Waals surface area (Å²) in [5.41, 5.74) is -2.17. The lowest BCUT2D eigenvalue weighted by molar-refractivity contribution is -0.144. The van der Waals surface area contributed by atoms with E-state index in [1.807, 2.05) is 6.92 Å². The zero-order valence-electron chi connectivity index (χ0n) is 13.1. The average Bonchev–Trinajstić information content (AvgIpc) is 2.72. The van der Waals surface area contributed by atoms with Crippen LogP contribution in [0.3, 0.4) is 0 Å². The Kier molecular flexibility index (Phi) is 4.98. The van der Waals surface area contributed by atoms with Gasteiger partial charge in [0.2, 0.25) is 0 Å². The van der Waals surface area contributed by atoms with Gasteiger partial charge in [-0.2, -0.15) is 0 Å². The van der Waals surface area contributed by atoms with E-state index in [0.29, 0.717) is 6.42 Å². The maximum Gasteiger partial charge on any atom is 0.408 e. The molecule has 1 rings (SSSR count). The molecule has 0 bridgehead atoms. The molecule has 0 aliphatic carbocycles. The van der Waals surface area contributed by atoms with Gasteiger partial charge >= 0.3 is 12.1 Å². The molecule has 7 heteroatoms. The van der Waals surface area contributed by atoms with Crippen LogP contribution in [0.25, 0.3) is 0 Å². The number of alkyl carbamates (subject to hydrolysis) is 1. The van der Waals surface area contributed by atoms with Gasteiger partial charge in [-0.25, -0.2) is 14.6 Å². The number of carbonyl (C=O) groups excluding carboxylic acids is 1. The van der Waals surface area contributed by atoms with Crippen molar-refractivity contribution in [1.29, 1.82) is 0 Å². The van der Waals surface area contributed by atoms with Gasteiger partial charge < -0.3 is 19.7 Å². The predicted molar refractivity (Wildman–Crippen MR) is 77.0 cm³/mol. The van der Waals surface area contributed by atoms with Crippen molar-refractivity contribution in [1.82, 2.24) is 14.9 Å². The summed E-state index contributed by atoms with van der Waals surface area (Å²) in [5.74, 6) is -0.377. The maximum absolute atomic E-state index is 11.8. The number of imidazole rings is 1. The number of ether oxygens (including phenoxy) is 1. The molecule has 1 unspecified atom stereocenters. The second kappa shape index (κ2) is 6.15. The highest BCUT2D eigenvalue weighted by atomic mass is 16.6. The van der Waals surface area contributed by atoms with Crippen molar-refractivity contribution in [2.75, 3.05) is 0 Å². The number of aromatic nitrogens is 2. The highest BCUT2D eigenvalue weighted by Crippen LogP contribution is 2.13. The van der Waals surface area contributed by atoms with Gasteiger partial charge in [-0.3, -0.25) is 0 Å². The van der Waals surface area contributed by atoms with Gasteiger partial charge in [0.1, 0.15) is 11.4 Å². The molecule has 0 radical (unpaired) electrons. The van der Waals surface area contributed by atoms with Gasteiger partial charge in [0.15, 0.2) is 5.54 Å². The fraction of sp³-hybridized carbons (Fsp3) is 0.643. The number of hydrogen-bond acceptors (Lipinski definition) is 4. The van der Waals surface area contributed by atoms with E-state index < -0.39 is 23.2 Å². The number of carbonyl (C=O) groups is 2. The van der Waals surface area contributed by atoms with E-state index in [4.69, 9.17) is 4.74 Å². The van der Waals surface area contributed by atoms with E-state index in [-0.39, 0.29) is 6.54 Å². The predicted octanol–water partition coefficient (Wildman–Crippen LogP) is 1.81. The minimum Gasteiger partial charge on any atom is -0.479 e. The Hall–Kier alpha value is -2.05. The van der Waals surface area contributed by atoms with E-state index in [9.17, 15) is 14.7 Å². The molecule has 0 spiro atoms. The second-order valence-electron chi connectivity index (χ2n) is 6.09. The first-order valence-electron chi connectivity index (χ1n) is 6.82. The molecular weight excluding hydrogens is 274 g/mol. The molecule has 0 aromatic carbocycles. The summed E-state index contributed by atoms with van der Waals surface area (Å²) >= 11 is 0. The van der Waals surface area contributed by atoms with Crippen LogP contribution in [-0.4, -0.2) is 37.9 Å². The number of aliphatic carboxylic acids is 1. The minimum absolute atomic E-state index is 0.0742. The van der Waals surface area contributed by atoms with Crippen LogP contribution in [0.1, 0.15) is 40.4 Å². The number of aryl methyl sites for hydroxylation is 1. The number of nitrogens with one attached hydrogen (secondary N) is 1. The topological polar surface area (TPSA) is 93.5 Å². The number of carboxylic acids is 1. The Labute approximate surface area is 124 Å². The van der Waals surface area contributed by atoms with Crippen molar-refractivity contribution in [3.63, 3.8) is 0 Å². The first kappa shape index (κ1) is 17.0. The summed E-state index contributed by atoms with van der Waals surface area (Å²) < 4.78 is 6.83. The molecule has 0 aliphatic heterocycles. The van der Waals surface area contributed by atoms with Crippen LogP contribution in [0.4, 0.5) is 4.79 Å². The molecule has 0 aliphatic rings. The van der Waals surface area contributed by atoms with Crippen molar-refractivity contribution in [2.24, 2.45) is 0 Å². The number of amides is 1. The van der Waals surface area contributed by atoms with Crippen LogP contribution in [0.15, 0.2) is 12.4 Å². The van der Waals surface area contributed by atoms with Crippen molar-refractivity contribution in [3.8, 4) is 0 Å². The third-order valence-electron chi connectivity index (χ3n) is 2.85. The van der Waals surface area contributed by atoms with Crippen LogP contribution in [0.2, 0.25) is 0 Å². The summed E-state index contributed by atoms with van der Waals surface area (Å²) in [6.07, 6.45) is 3.21. The second-order valence-corrected chi connectivity index (χ2v) is 6.09. The quantitative estimate of drug-likeness (QED) is 0.864. The van der Waals surface area contributed by atoms with Crippen molar-refractivity contribution in [2.45, 2.75) is 58.7 Å². The van der Waals surface area contributed by atoms with E-state index in [2.05, 4.69) is 10.3 Å². The van der Waals surface area contributed by atoms with E-state index in [1.165, 1.54) is 6.92 Å². The summed E-state index contributed by atoms with van der Waals surface area (Å²) in [6.45, 7) is 8.60. The average molecular weight is 297 g/mol. The molecule has 1 atom stereocenters. The smallest absolute Gasteiger partial charge is 0.408 e. The van der Waals surface area contributed by atoms with Crippen LogP contribution >= 0.6 is 0 Å². The number of rotatable bonds is 5. The Bertz CT molecular complexity index is 519. The third kappa shape index (κ3) is 4.77. The zero-order valence-corrected chi connectivity index (χ0v) is 13.1. The van der Waals surface area contributed by atoms with Crippen molar-refractivity contribution in [3.05, 3.63) is 18.2 Å². The molecular formula is C14H23N3O4. The first-order chi connectivity index (χ1) is 9.57. The van der Waals surface area contributed by atoms with Gasteiger partial charge in [0, 0.05) is 18.8 Å². The van der Waals surface area contributed by atoms with Crippen molar-refractivity contribution >= 4 is 12.1 Å². The van der Waals surface area contributed by atoms with Gasteiger partial charge in [-0.1, -0.05) is 6.92 Å². The highest BCUT2D eigenvalue weighted by molar-refractivity contribution is 5.83. The monoisotopic (exact) mass is 297 g/mol. The lowest BCUT2D eigenvalue weighted by Crippen LogP contribution is -2.56. The standard InChI is InChI=1S/C14H23N3O4/c1-6-10-15-7-8-17(10)9-14(5,11(18)19)16-12(20)21-13(2,3)4/h7-8H,6,9H2,1-5H3,(H,16,20)(H,18,19). The van der Waals surface area contributed by atoms with E-state index in [1.54, 1.807) is 37.7 Å². The molecule has 0 fully saturated rings. The van der Waals surface area contributed by atoms with Gasteiger partial charge in [-0.15, -0.1) is 0 Å². The molecule has 1 amide bonds. The van der Waals surface area contributed by atoms with Crippen LogP contribution in [0, 0.1) is 0 Å². The van der Waals surface area contributed by atoms with Crippen LogP contribution in [-0.2, 0) is 22.5 Å². The molecule has 118 valence electrons. The Morgan fingerprint density at radius 3 is 2.48 bits per heavy atom. The highest BCUT2D eigenvalue weighted by Gasteiger charge is 2.37. The van der Waals surface area contributed by atoms with Gasteiger partial charge in [0.05, 0.1) is 6.54 Å². The van der Waals surface area contributed by atoms with E-state index in [0.717, 1.165) is 5.82 Å². The van der Waals surface area contributed by atoms with Crippen LogP contribution < -0.4 is 5.32 Å². The normalized spacial score (nSPS) is 14.3. The summed E-state index contributed by atoms with van der Waals surface area (Å²) in [4.78, 5) is 27.5. The fourth-order valence-corrected chi connectivity index (χ4v) is 1.83. The largest absolute Gasteiger partial charge is 0.479 e. The van der Waals surface area contributed by atoms with Crippen LogP contribution in [0.5, 0.6) is 0 Å². The molecule has 0 saturated carbocycles. The summed E-state index contributed by atoms with van der Waals surface area (Å²) in [5, 5.41) is 11.9. The summed E-state index contributed by atoms with van der Waals surface area (Å²) in [7, 11) is 0. The first-order valence-corrected chi connectivity index (χ1v) is 6.82.